The van der Waals surface area contributed by atoms with Gasteiger partial charge in [0.25, 0.3) is 5.91 Å². The molecule has 3 heterocycles. The monoisotopic (exact) mass is 526 g/mol. The molecule has 0 unspecified atom stereocenters. The Balaban J connectivity index is 1.33. The van der Waals surface area contributed by atoms with Crippen LogP contribution in [0.25, 0.3) is 0 Å². The van der Waals surface area contributed by atoms with E-state index in [1.165, 1.54) is 11.0 Å². The van der Waals surface area contributed by atoms with Gasteiger partial charge in [-0.15, -0.1) is 5.10 Å². The van der Waals surface area contributed by atoms with Crippen molar-refractivity contribution in [2.24, 2.45) is 13.0 Å². The highest BCUT2D eigenvalue weighted by Gasteiger charge is 2.41. The van der Waals surface area contributed by atoms with Crippen LogP contribution < -0.4 is 10.2 Å². The zero-order valence-corrected chi connectivity index (χ0v) is 21.3. The van der Waals surface area contributed by atoms with Gasteiger partial charge in [-0.3, -0.25) is 4.79 Å². The number of alkyl halides is 3. The third-order valence-corrected chi connectivity index (χ3v) is 8.19. The third-order valence-electron chi connectivity index (χ3n) is 8.19. The number of hydrogen-bond donors (Lipinski definition) is 1. The number of aromatic nitrogens is 4. The van der Waals surface area contributed by atoms with Gasteiger partial charge in [0.15, 0.2) is 5.82 Å². The van der Waals surface area contributed by atoms with Crippen LogP contribution in [0.3, 0.4) is 0 Å². The first-order valence-corrected chi connectivity index (χ1v) is 12.8. The summed E-state index contributed by atoms with van der Waals surface area (Å²) >= 11 is 0. The van der Waals surface area contributed by atoms with E-state index >= 15 is 0 Å². The molecule has 1 N–H and O–H groups in total. The molecule has 11 heteroatoms. The normalized spacial score (nSPS) is 19.7. The van der Waals surface area contributed by atoms with Gasteiger partial charge < -0.3 is 15.0 Å². The summed E-state index contributed by atoms with van der Waals surface area (Å²) in [6.45, 7) is 3.34. The average molecular weight is 527 g/mol. The highest BCUT2D eigenvalue weighted by atomic mass is 19.4. The number of hydrogen-bond acceptors (Lipinski definition) is 6. The summed E-state index contributed by atoms with van der Waals surface area (Å²) in [7, 11) is 1.77. The number of halogens is 3. The minimum Gasteiger partial charge on any atom is -0.381 e. The molecule has 1 atom stereocenters. The van der Waals surface area contributed by atoms with Crippen molar-refractivity contribution in [1.82, 2.24) is 25.5 Å². The molecule has 1 amide bonds. The summed E-state index contributed by atoms with van der Waals surface area (Å²) < 4.78 is 49.5. The number of carbonyl (C=O) groups is 1. The molecule has 0 bridgehead atoms. The summed E-state index contributed by atoms with van der Waals surface area (Å²) in [5.41, 5.74) is 1.22. The Morgan fingerprint density at radius 1 is 1.21 bits per heavy atom. The number of nitrogens with one attached hydrogen (secondary N) is 1. The van der Waals surface area contributed by atoms with Crippen LogP contribution in [0.15, 0.2) is 36.4 Å². The van der Waals surface area contributed by atoms with Crippen molar-refractivity contribution < 1.29 is 22.7 Å². The van der Waals surface area contributed by atoms with Gasteiger partial charge in [-0.25, -0.2) is 4.68 Å². The predicted octanol–water partition coefficient (Wildman–Crippen LogP) is 4.20. The van der Waals surface area contributed by atoms with E-state index in [0.717, 1.165) is 24.8 Å². The number of benzene rings is 2. The van der Waals surface area contributed by atoms with Crippen LogP contribution in [0.1, 0.15) is 70.5 Å². The molecule has 38 heavy (non-hydrogen) atoms. The Morgan fingerprint density at radius 3 is 2.61 bits per heavy atom. The topological polar surface area (TPSA) is 85.2 Å². The maximum atomic E-state index is 14.1. The fourth-order valence-corrected chi connectivity index (χ4v) is 5.70. The number of nitrogens with zero attached hydrogens (tertiary/aromatic N) is 5. The Hall–Kier alpha value is -3.31. The molecule has 8 nitrogen and oxygen atoms in total. The minimum absolute atomic E-state index is 0.0213. The van der Waals surface area contributed by atoms with Gasteiger partial charge in [0, 0.05) is 36.3 Å². The van der Waals surface area contributed by atoms with E-state index < -0.39 is 17.6 Å². The largest absolute Gasteiger partial charge is 0.416 e. The van der Waals surface area contributed by atoms with Crippen molar-refractivity contribution >= 4 is 11.6 Å². The van der Waals surface area contributed by atoms with Crippen molar-refractivity contribution in [2.45, 2.75) is 56.9 Å². The van der Waals surface area contributed by atoms with Crippen molar-refractivity contribution in [2.75, 3.05) is 18.1 Å². The van der Waals surface area contributed by atoms with Gasteiger partial charge in [-0.1, -0.05) is 12.1 Å². The van der Waals surface area contributed by atoms with Crippen LogP contribution in [0.4, 0.5) is 18.9 Å². The summed E-state index contributed by atoms with van der Waals surface area (Å²) in [5, 5.41) is 15.3. The zero-order chi connectivity index (χ0) is 26.7. The third kappa shape index (κ3) is 4.37. The van der Waals surface area contributed by atoms with E-state index in [4.69, 9.17) is 4.74 Å². The molecule has 1 saturated heterocycles. The SMILES string of the molecule is Cn1nnnc1[C@@H](c1cccc(N2Cc3c(cc(CNC4(C)CCC4)cc3C(F)(F)F)C2=O)c1)C1COC1. The van der Waals surface area contributed by atoms with E-state index in [9.17, 15) is 18.0 Å². The number of fused-ring (bicyclic) bond motifs is 1. The molecule has 1 saturated carbocycles. The fraction of sp³-hybridized carbons (Fsp3) is 0.481. The molecule has 1 aromatic heterocycles. The molecule has 2 fully saturated rings. The van der Waals surface area contributed by atoms with Crippen LogP contribution in [-0.2, 0) is 31.1 Å². The lowest BCUT2D eigenvalue weighted by atomic mass is 9.78. The molecule has 2 aromatic carbocycles. The molecule has 0 radical (unpaired) electrons. The quantitative estimate of drug-likeness (QED) is 0.497. The summed E-state index contributed by atoms with van der Waals surface area (Å²) in [4.78, 5) is 15.0. The first-order valence-electron chi connectivity index (χ1n) is 12.8. The summed E-state index contributed by atoms with van der Waals surface area (Å²) in [6, 6.07) is 10.2. The second-order valence-corrected chi connectivity index (χ2v) is 10.9. The van der Waals surface area contributed by atoms with Crippen LogP contribution in [-0.4, -0.2) is 44.9 Å². The molecule has 0 spiro atoms. The fourth-order valence-electron chi connectivity index (χ4n) is 5.70. The van der Waals surface area contributed by atoms with Crippen molar-refractivity contribution in [1.29, 1.82) is 0 Å². The Labute approximate surface area is 218 Å². The molecular weight excluding hydrogens is 497 g/mol. The van der Waals surface area contributed by atoms with E-state index in [1.807, 2.05) is 18.2 Å². The van der Waals surface area contributed by atoms with Gasteiger partial charge in [0.2, 0.25) is 0 Å². The number of anilines is 1. The number of carbonyl (C=O) groups excluding carboxylic acids is 1. The van der Waals surface area contributed by atoms with Crippen LogP contribution >= 0.6 is 0 Å². The second kappa shape index (κ2) is 9.16. The number of tetrazole rings is 1. The highest BCUT2D eigenvalue weighted by Crippen LogP contribution is 2.41. The van der Waals surface area contributed by atoms with Gasteiger partial charge in [0.1, 0.15) is 0 Å². The molecule has 6 rings (SSSR count). The van der Waals surface area contributed by atoms with Crippen molar-refractivity contribution in [3.63, 3.8) is 0 Å². The molecular formula is C27H29F3N6O2. The lowest BCUT2D eigenvalue weighted by Crippen LogP contribution is -2.47. The van der Waals surface area contributed by atoms with Crippen molar-refractivity contribution in [3.8, 4) is 0 Å². The Bertz CT molecular complexity index is 1380. The first-order chi connectivity index (χ1) is 18.1. The van der Waals surface area contributed by atoms with E-state index in [2.05, 4.69) is 27.8 Å². The zero-order valence-electron chi connectivity index (χ0n) is 21.3. The predicted molar refractivity (Wildman–Crippen MR) is 132 cm³/mol. The highest BCUT2D eigenvalue weighted by molar-refractivity contribution is 6.10. The maximum Gasteiger partial charge on any atom is 0.416 e. The molecule has 3 aliphatic rings. The van der Waals surface area contributed by atoms with E-state index in [-0.39, 0.29) is 41.6 Å². The van der Waals surface area contributed by atoms with Gasteiger partial charge in [-0.05, 0) is 77.6 Å². The molecule has 200 valence electrons. The number of ether oxygens (including phenoxy) is 1. The average Bonchev–Trinajstić information content (AvgIpc) is 3.40. The standard InChI is InChI=1S/C27H29F3N6O2/c1-26(7-4-8-26)31-12-16-9-20-21(22(10-16)27(28,29)30)13-36(25(20)37)19-6-3-5-17(11-19)23(18-14-38-15-18)24-32-33-34-35(24)2/h3,5-6,9-11,18,23,31H,4,7-8,12-15H2,1-2H3/t23-/m0/s1. The first kappa shape index (κ1) is 25.0. The van der Waals surface area contributed by atoms with Crippen LogP contribution in [0.2, 0.25) is 0 Å². The van der Waals surface area contributed by atoms with E-state index in [1.54, 1.807) is 23.9 Å². The smallest absolute Gasteiger partial charge is 0.381 e. The maximum absolute atomic E-state index is 14.1. The second-order valence-electron chi connectivity index (χ2n) is 10.9. The minimum atomic E-state index is -4.56. The lowest BCUT2D eigenvalue weighted by Gasteiger charge is -2.39. The summed E-state index contributed by atoms with van der Waals surface area (Å²) in [5.74, 6) is 0.234. The van der Waals surface area contributed by atoms with Gasteiger partial charge in [0.05, 0.1) is 31.2 Å². The number of rotatable bonds is 7. The lowest BCUT2D eigenvalue weighted by molar-refractivity contribution is -0.138. The number of amides is 1. The Kier molecular flexibility index (Phi) is 6.03. The Morgan fingerprint density at radius 2 is 2.00 bits per heavy atom. The van der Waals surface area contributed by atoms with Gasteiger partial charge >= 0.3 is 6.18 Å². The molecule has 2 aliphatic heterocycles. The number of aryl methyl sites for hydroxylation is 1. The van der Waals surface area contributed by atoms with Gasteiger partial charge in [-0.2, -0.15) is 13.2 Å². The molecule has 1 aliphatic carbocycles. The summed E-state index contributed by atoms with van der Waals surface area (Å²) in [6.07, 6.45) is -1.47. The van der Waals surface area contributed by atoms with Crippen LogP contribution in [0.5, 0.6) is 0 Å². The molecule has 3 aromatic rings. The van der Waals surface area contributed by atoms with Crippen molar-refractivity contribution in [3.05, 3.63) is 70.0 Å². The van der Waals surface area contributed by atoms with Crippen LogP contribution in [0, 0.1) is 5.92 Å². The van der Waals surface area contributed by atoms with E-state index in [0.29, 0.717) is 30.3 Å².